The molecule has 0 unspecified atom stereocenters. The molecule has 0 aliphatic rings. The number of hydrogen-bond donors (Lipinski definition) is 2. The van der Waals surface area contributed by atoms with Gasteiger partial charge < -0.3 is 24.8 Å². The summed E-state index contributed by atoms with van der Waals surface area (Å²) in [5.74, 6) is 2.18. The second kappa shape index (κ2) is 13.0. The van der Waals surface area contributed by atoms with Crippen molar-refractivity contribution in [1.82, 2.24) is 10.6 Å². The zero-order valence-electron chi connectivity index (χ0n) is 16.7. The molecule has 0 aliphatic carbocycles. The van der Waals surface area contributed by atoms with Crippen molar-refractivity contribution in [3.63, 3.8) is 0 Å². The van der Waals surface area contributed by atoms with Crippen LogP contribution in [0.2, 0.25) is 0 Å². The minimum Gasteiger partial charge on any atom is -0.497 e. The summed E-state index contributed by atoms with van der Waals surface area (Å²) in [4.78, 5) is 4.12. The van der Waals surface area contributed by atoms with Gasteiger partial charge in [0.2, 0.25) is 0 Å². The van der Waals surface area contributed by atoms with Crippen molar-refractivity contribution in [1.29, 1.82) is 0 Å². The lowest BCUT2D eigenvalue weighted by Crippen LogP contribution is -2.38. The number of aliphatic imine (C=N–C) groups is 1. The van der Waals surface area contributed by atoms with Crippen molar-refractivity contribution in [2.24, 2.45) is 4.99 Å². The summed E-state index contributed by atoms with van der Waals surface area (Å²) in [6, 6.07) is 13.7. The monoisotopic (exact) mass is 539 g/mol. The highest BCUT2D eigenvalue weighted by atomic mass is 127. The summed E-state index contributed by atoms with van der Waals surface area (Å²) in [5, 5.41) is 6.24. The molecular formula is C20H25F3IN3O3. The molecule has 2 aromatic carbocycles. The average molecular weight is 539 g/mol. The molecule has 0 aliphatic heterocycles. The van der Waals surface area contributed by atoms with Crippen molar-refractivity contribution < 1.29 is 27.4 Å². The lowest BCUT2D eigenvalue weighted by molar-refractivity contribution is -0.153. The molecule has 166 valence electrons. The van der Waals surface area contributed by atoms with Gasteiger partial charge in [0.25, 0.3) is 0 Å². The highest BCUT2D eigenvalue weighted by Gasteiger charge is 2.28. The summed E-state index contributed by atoms with van der Waals surface area (Å²) in [5.41, 5.74) is 0.875. The molecule has 0 saturated carbocycles. The molecule has 6 nitrogen and oxygen atoms in total. The van der Waals surface area contributed by atoms with Gasteiger partial charge in [-0.05, 0) is 29.8 Å². The van der Waals surface area contributed by atoms with E-state index >= 15 is 0 Å². The van der Waals surface area contributed by atoms with E-state index in [0.717, 1.165) is 11.3 Å². The third-order valence-corrected chi connectivity index (χ3v) is 3.71. The Kier molecular flexibility index (Phi) is 11.2. The summed E-state index contributed by atoms with van der Waals surface area (Å²) < 4.78 is 51.9. The molecule has 2 aromatic rings. The minimum atomic E-state index is -4.35. The fourth-order valence-corrected chi connectivity index (χ4v) is 2.30. The Balaban J connectivity index is 0.00000450. The van der Waals surface area contributed by atoms with Crippen LogP contribution in [-0.4, -0.2) is 46.1 Å². The van der Waals surface area contributed by atoms with Crippen LogP contribution in [0, 0.1) is 0 Å². The standard InChI is InChI=1S/C20H24F3N3O3.HI/c1-24-19(25-10-11-28-18-5-3-4-17(12-18)27-2)26-13-15-6-8-16(9-7-15)29-14-20(21,22)23;/h3-9,12H,10-11,13-14H2,1-2H3,(H2,24,25,26);1H. The van der Waals surface area contributed by atoms with E-state index in [1.807, 2.05) is 18.2 Å². The number of nitrogens with one attached hydrogen (secondary N) is 2. The molecule has 0 radical (unpaired) electrons. The van der Waals surface area contributed by atoms with Crippen LogP contribution in [0.5, 0.6) is 17.2 Å². The maximum Gasteiger partial charge on any atom is 0.422 e. The number of rotatable bonds is 9. The lowest BCUT2D eigenvalue weighted by Gasteiger charge is -2.13. The van der Waals surface area contributed by atoms with E-state index in [9.17, 15) is 13.2 Å². The number of hydrogen-bond acceptors (Lipinski definition) is 4. The number of alkyl halides is 3. The van der Waals surface area contributed by atoms with Crippen LogP contribution >= 0.6 is 24.0 Å². The molecule has 0 bridgehead atoms. The zero-order chi connectivity index (χ0) is 21.1. The molecule has 0 fully saturated rings. The maximum absolute atomic E-state index is 12.2. The van der Waals surface area contributed by atoms with E-state index in [1.165, 1.54) is 12.1 Å². The number of methoxy groups -OCH3 is 1. The van der Waals surface area contributed by atoms with Crippen LogP contribution in [0.15, 0.2) is 53.5 Å². The van der Waals surface area contributed by atoms with E-state index in [1.54, 1.807) is 32.4 Å². The number of guanidine groups is 1. The van der Waals surface area contributed by atoms with E-state index in [2.05, 4.69) is 20.4 Å². The van der Waals surface area contributed by atoms with Crippen molar-refractivity contribution in [3.05, 3.63) is 54.1 Å². The SMILES string of the molecule is CN=C(NCCOc1cccc(OC)c1)NCc1ccc(OCC(F)(F)F)cc1.I. The Morgan fingerprint density at radius 2 is 1.67 bits per heavy atom. The van der Waals surface area contributed by atoms with Gasteiger partial charge in [0.05, 0.1) is 13.7 Å². The van der Waals surface area contributed by atoms with E-state index in [0.29, 0.717) is 31.4 Å². The highest BCUT2D eigenvalue weighted by Crippen LogP contribution is 2.19. The number of benzene rings is 2. The molecule has 10 heteroatoms. The molecule has 0 amide bonds. The Morgan fingerprint density at radius 1 is 0.967 bits per heavy atom. The average Bonchev–Trinajstić information content (AvgIpc) is 2.72. The third-order valence-electron chi connectivity index (χ3n) is 3.71. The summed E-state index contributed by atoms with van der Waals surface area (Å²) in [6.45, 7) is 0.106. The van der Waals surface area contributed by atoms with E-state index < -0.39 is 12.8 Å². The summed E-state index contributed by atoms with van der Waals surface area (Å²) in [6.07, 6.45) is -4.35. The molecule has 2 N–H and O–H groups in total. The zero-order valence-corrected chi connectivity index (χ0v) is 19.0. The Morgan fingerprint density at radius 3 is 2.30 bits per heavy atom. The quantitative estimate of drug-likeness (QED) is 0.219. The van der Waals surface area contributed by atoms with Gasteiger partial charge in [-0.15, -0.1) is 24.0 Å². The topological polar surface area (TPSA) is 64.1 Å². The molecule has 0 saturated heterocycles. The number of ether oxygens (including phenoxy) is 3. The number of halogens is 4. The summed E-state index contributed by atoms with van der Waals surface area (Å²) in [7, 11) is 3.24. The van der Waals surface area contributed by atoms with Crippen LogP contribution in [0.25, 0.3) is 0 Å². The van der Waals surface area contributed by atoms with E-state index in [4.69, 9.17) is 9.47 Å². The van der Waals surface area contributed by atoms with Gasteiger partial charge >= 0.3 is 6.18 Å². The van der Waals surface area contributed by atoms with Crippen LogP contribution in [0.1, 0.15) is 5.56 Å². The molecular weight excluding hydrogens is 514 g/mol. The summed E-state index contributed by atoms with van der Waals surface area (Å²) >= 11 is 0. The fourth-order valence-electron chi connectivity index (χ4n) is 2.30. The van der Waals surface area contributed by atoms with Gasteiger partial charge in [-0.3, -0.25) is 4.99 Å². The lowest BCUT2D eigenvalue weighted by atomic mass is 10.2. The Labute approximate surface area is 190 Å². The van der Waals surface area contributed by atoms with Gasteiger partial charge in [0, 0.05) is 19.7 Å². The number of nitrogens with zero attached hydrogens (tertiary/aromatic N) is 1. The third kappa shape index (κ3) is 9.90. The maximum atomic E-state index is 12.2. The van der Waals surface area contributed by atoms with Gasteiger partial charge in [-0.2, -0.15) is 13.2 Å². The predicted octanol–water partition coefficient (Wildman–Crippen LogP) is 4.00. The first-order chi connectivity index (χ1) is 13.9. The van der Waals surface area contributed by atoms with Crippen molar-refractivity contribution in [3.8, 4) is 17.2 Å². The van der Waals surface area contributed by atoms with Crippen molar-refractivity contribution >= 4 is 29.9 Å². The molecule has 0 aromatic heterocycles. The predicted molar refractivity (Wildman–Crippen MR) is 120 cm³/mol. The molecule has 0 spiro atoms. The van der Waals surface area contributed by atoms with Crippen molar-refractivity contribution in [2.75, 3.05) is 33.9 Å². The highest BCUT2D eigenvalue weighted by molar-refractivity contribution is 14.0. The smallest absolute Gasteiger partial charge is 0.422 e. The van der Waals surface area contributed by atoms with E-state index in [-0.39, 0.29) is 29.7 Å². The Hall–Kier alpha value is -2.37. The van der Waals surface area contributed by atoms with Crippen LogP contribution in [-0.2, 0) is 6.54 Å². The molecule has 0 atom stereocenters. The largest absolute Gasteiger partial charge is 0.497 e. The Bertz CT molecular complexity index is 787. The first kappa shape index (κ1) is 25.7. The van der Waals surface area contributed by atoms with Gasteiger partial charge in [-0.1, -0.05) is 18.2 Å². The first-order valence-corrected chi connectivity index (χ1v) is 8.89. The first-order valence-electron chi connectivity index (χ1n) is 8.89. The normalized spacial score (nSPS) is 11.3. The van der Waals surface area contributed by atoms with Crippen LogP contribution < -0.4 is 24.8 Å². The molecule has 0 heterocycles. The fraction of sp³-hybridized carbons (Fsp3) is 0.350. The minimum absolute atomic E-state index is 0. The van der Waals surface area contributed by atoms with Crippen molar-refractivity contribution in [2.45, 2.75) is 12.7 Å². The van der Waals surface area contributed by atoms with Gasteiger partial charge in [-0.25, -0.2) is 0 Å². The van der Waals surface area contributed by atoms with Gasteiger partial charge in [0.15, 0.2) is 12.6 Å². The van der Waals surface area contributed by atoms with Crippen LogP contribution in [0.3, 0.4) is 0 Å². The van der Waals surface area contributed by atoms with Gasteiger partial charge in [0.1, 0.15) is 23.9 Å². The van der Waals surface area contributed by atoms with Crippen LogP contribution in [0.4, 0.5) is 13.2 Å². The molecule has 2 rings (SSSR count). The second-order valence-corrected chi connectivity index (χ2v) is 5.93. The second-order valence-electron chi connectivity index (χ2n) is 5.93. The molecule has 30 heavy (non-hydrogen) atoms.